The lowest BCUT2D eigenvalue weighted by atomic mass is 10.6. The van der Waals surface area contributed by atoms with Crippen molar-refractivity contribution in [2.45, 2.75) is 19.1 Å². The van der Waals surface area contributed by atoms with Crippen LogP contribution in [-0.2, 0) is 14.9 Å². The van der Waals surface area contributed by atoms with Crippen molar-refractivity contribution in [3.63, 3.8) is 0 Å². The Labute approximate surface area is 55.2 Å². The zero-order chi connectivity index (χ0) is 7.49. The Morgan fingerprint density at radius 2 is 1.89 bits per heavy atom. The van der Waals surface area contributed by atoms with Crippen LogP contribution in [0.25, 0.3) is 0 Å². The zero-order valence-electron chi connectivity index (χ0n) is 5.71. The van der Waals surface area contributed by atoms with Gasteiger partial charge >= 0.3 is 0 Å². The molecular weight excluding hydrogens is 142 g/mol. The summed E-state index contributed by atoms with van der Waals surface area (Å²) < 4.78 is 21.4. The highest BCUT2D eigenvalue weighted by Gasteiger charge is 2.13. The third kappa shape index (κ3) is 2.78. The van der Waals surface area contributed by atoms with Gasteiger partial charge in [-0.05, 0) is 13.8 Å². The molecule has 0 saturated carbocycles. The first-order valence-electron chi connectivity index (χ1n) is 2.54. The number of nitrogens with one attached hydrogen (secondary N) is 1. The molecule has 9 heavy (non-hydrogen) atoms. The van der Waals surface area contributed by atoms with Crippen molar-refractivity contribution in [2.24, 2.45) is 0 Å². The van der Waals surface area contributed by atoms with Gasteiger partial charge < -0.3 is 0 Å². The van der Waals surface area contributed by atoms with Crippen molar-refractivity contribution in [3.8, 4) is 0 Å². The standard InChI is InChI=1S/C4H11NO3S/c1-4(2)9(6,7)5-8-3/h4-5H,1-3H3. The molecular formula is C4H11NO3S. The van der Waals surface area contributed by atoms with E-state index in [1.54, 1.807) is 13.8 Å². The Morgan fingerprint density at radius 3 is 2.00 bits per heavy atom. The van der Waals surface area contributed by atoms with Gasteiger partial charge in [0.1, 0.15) is 0 Å². The molecule has 0 unspecified atom stereocenters. The van der Waals surface area contributed by atoms with Crippen LogP contribution in [0.15, 0.2) is 0 Å². The molecule has 0 aliphatic rings. The predicted molar refractivity (Wildman–Crippen MR) is 34.2 cm³/mol. The van der Waals surface area contributed by atoms with Crippen molar-refractivity contribution in [2.75, 3.05) is 7.11 Å². The van der Waals surface area contributed by atoms with E-state index in [1.165, 1.54) is 7.11 Å². The van der Waals surface area contributed by atoms with Gasteiger partial charge in [0.15, 0.2) is 0 Å². The molecule has 0 fully saturated rings. The van der Waals surface area contributed by atoms with Gasteiger partial charge in [0.2, 0.25) is 10.0 Å². The summed E-state index contributed by atoms with van der Waals surface area (Å²) in [4.78, 5) is 6.12. The third-order valence-corrected chi connectivity index (χ3v) is 2.46. The Bertz CT molecular complexity index is 161. The van der Waals surface area contributed by atoms with Crippen LogP contribution in [0.4, 0.5) is 0 Å². The van der Waals surface area contributed by atoms with Crippen LogP contribution in [0.5, 0.6) is 0 Å². The smallest absolute Gasteiger partial charge is 0.235 e. The SMILES string of the molecule is CONS(=O)(=O)C(C)C. The molecule has 0 atom stereocenters. The van der Waals surface area contributed by atoms with E-state index in [-0.39, 0.29) is 0 Å². The average molecular weight is 153 g/mol. The first kappa shape index (κ1) is 8.87. The van der Waals surface area contributed by atoms with Crippen LogP contribution < -0.4 is 4.89 Å². The first-order chi connectivity index (χ1) is 4.00. The molecule has 5 heteroatoms. The summed E-state index contributed by atoms with van der Waals surface area (Å²) in [5.41, 5.74) is 0. The first-order valence-corrected chi connectivity index (χ1v) is 4.09. The molecule has 0 aliphatic carbocycles. The molecule has 4 nitrogen and oxygen atoms in total. The highest BCUT2D eigenvalue weighted by atomic mass is 32.2. The molecule has 1 N–H and O–H groups in total. The molecule has 0 spiro atoms. The number of hydrogen-bond acceptors (Lipinski definition) is 3. The van der Waals surface area contributed by atoms with E-state index >= 15 is 0 Å². The van der Waals surface area contributed by atoms with Crippen molar-refractivity contribution >= 4 is 10.0 Å². The van der Waals surface area contributed by atoms with Crippen LogP contribution in [0.2, 0.25) is 0 Å². The van der Waals surface area contributed by atoms with Crippen molar-refractivity contribution in [1.29, 1.82) is 0 Å². The van der Waals surface area contributed by atoms with Crippen LogP contribution >= 0.6 is 0 Å². The van der Waals surface area contributed by atoms with Gasteiger partial charge in [0, 0.05) is 0 Å². The Morgan fingerprint density at radius 1 is 1.44 bits per heavy atom. The Hall–Kier alpha value is -0.130. The molecule has 0 amide bonds. The third-order valence-electron chi connectivity index (χ3n) is 0.820. The second-order valence-electron chi connectivity index (χ2n) is 1.88. The van der Waals surface area contributed by atoms with E-state index in [0.29, 0.717) is 0 Å². The maximum atomic E-state index is 10.7. The summed E-state index contributed by atoms with van der Waals surface area (Å²) >= 11 is 0. The van der Waals surface area contributed by atoms with Gasteiger partial charge in [0.25, 0.3) is 0 Å². The normalized spacial score (nSPS) is 12.4. The fraction of sp³-hybridized carbons (Fsp3) is 1.00. The lowest BCUT2D eigenvalue weighted by Crippen LogP contribution is -2.29. The van der Waals surface area contributed by atoms with Crippen LogP contribution in [-0.4, -0.2) is 20.8 Å². The van der Waals surface area contributed by atoms with Gasteiger partial charge in [-0.15, -0.1) is 0 Å². The summed E-state index contributed by atoms with van der Waals surface area (Å²) in [6.45, 7) is 3.14. The number of rotatable bonds is 3. The van der Waals surface area contributed by atoms with Gasteiger partial charge in [-0.3, -0.25) is 4.84 Å². The number of sulfonamides is 1. The maximum Gasteiger partial charge on any atom is 0.235 e. The monoisotopic (exact) mass is 153 g/mol. The molecule has 0 aromatic heterocycles. The summed E-state index contributed by atoms with van der Waals surface area (Å²) in [5, 5.41) is -0.447. The minimum Gasteiger partial charge on any atom is -0.290 e. The van der Waals surface area contributed by atoms with Gasteiger partial charge in [-0.2, -0.15) is 0 Å². The molecule has 0 heterocycles. The molecule has 0 radical (unpaired) electrons. The van der Waals surface area contributed by atoms with E-state index in [2.05, 4.69) is 4.84 Å². The Kier molecular flexibility index (Phi) is 3.10. The summed E-state index contributed by atoms with van der Waals surface area (Å²) in [5.74, 6) is 0. The van der Waals surface area contributed by atoms with Crippen molar-refractivity contribution in [1.82, 2.24) is 4.89 Å². The van der Waals surface area contributed by atoms with E-state index in [1.807, 2.05) is 4.89 Å². The Balaban J connectivity index is 4.05. The van der Waals surface area contributed by atoms with Crippen LogP contribution in [0.3, 0.4) is 0 Å². The van der Waals surface area contributed by atoms with Gasteiger partial charge in [-0.1, -0.05) is 4.89 Å². The average Bonchev–Trinajstić information content (AvgIpc) is 1.65. The summed E-state index contributed by atoms with van der Waals surface area (Å²) in [6.07, 6.45) is 0. The molecule has 56 valence electrons. The van der Waals surface area contributed by atoms with Gasteiger partial charge in [-0.25, -0.2) is 8.42 Å². The van der Waals surface area contributed by atoms with Crippen LogP contribution in [0.1, 0.15) is 13.8 Å². The van der Waals surface area contributed by atoms with Crippen molar-refractivity contribution in [3.05, 3.63) is 0 Å². The highest BCUT2D eigenvalue weighted by molar-refractivity contribution is 7.89. The van der Waals surface area contributed by atoms with E-state index < -0.39 is 15.3 Å². The summed E-state index contributed by atoms with van der Waals surface area (Å²) in [6, 6.07) is 0. The van der Waals surface area contributed by atoms with E-state index in [9.17, 15) is 8.42 Å². The minimum absolute atomic E-state index is 0.447. The molecule has 0 aromatic rings. The van der Waals surface area contributed by atoms with Crippen LogP contribution in [0, 0.1) is 0 Å². The highest BCUT2D eigenvalue weighted by Crippen LogP contribution is 1.93. The summed E-state index contributed by atoms with van der Waals surface area (Å²) in [7, 11) is -1.96. The second-order valence-corrected chi connectivity index (χ2v) is 4.08. The van der Waals surface area contributed by atoms with E-state index in [4.69, 9.17) is 0 Å². The second kappa shape index (κ2) is 3.14. The fourth-order valence-electron chi connectivity index (χ4n) is 0.212. The molecule has 0 rings (SSSR count). The quantitative estimate of drug-likeness (QED) is 0.575. The van der Waals surface area contributed by atoms with Gasteiger partial charge in [0.05, 0.1) is 12.4 Å². The largest absolute Gasteiger partial charge is 0.290 e. The fourth-order valence-corrected chi connectivity index (χ4v) is 0.637. The molecule has 0 aliphatic heterocycles. The topological polar surface area (TPSA) is 55.4 Å². The zero-order valence-corrected chi connectivity index (χ0v) is 6.53. The van der Waals surface area contributed by atoms with E-state index in [0.717, 1.165) is 0 Å². The minimum atomic E-state index is -3.22. The maximum absolute atomic E-state index is 10.7. The molecule has 0 saturated heterocycles. The molecule has 0 aromatic carbocycles. The molecule has 0 bridgehead atoms. The van der Waals surface area contributed by atoms with Crippen molar-refractivity contribution < 1.29 is 13.3 Å². The lowest BCUT2D eigenvalue weighted by molar-refractivity contribution is 0.152. The lowest BCUT2D eigenvalue weighted by Gasteiger charge is -2.05. The number of hydrogen-bond donors (Lipinski definition) is 1. The predicted octanol–water partition coefficient (Wildman–Crippen LogP) is -0.124.